The van der Waals surface area contributed by atoms with Gasteiger partial charge >= 0.3 is 0 Å². The number of aromatic nitrogens is 3. The van der Waals surface area contributed by atoms with E-state index in [4.69, 9.17) is 0 Å². The van der Waals surface area contributed by atoms with E-state index in [1.54, 1.807) is 6.33 Å². The Hall–Kier alpha value is -1.68. The summed E-state index contributed by atoms with van der Waals surface area (Å²) >= 11 is 0. The third-order valence-electron chi connectivity index (χ3n) is 3.50. The summed E-state index contributed by atoms with van der Waals surface area (Å²) in [6.45, 7) is -0.0435. The maximum absolute atomic E-state index is 9.21. The first-order valence-corrected chi connectivity index (χ1v) is 5.94. The molecular weight excluding hydrogens is 214 g/mol. The second kappa shape index (κ2) is 4.30. The van der Waals surface area contributed by atoms with Crippen LogP contribution in [0.1, 0.15) is 29.4 Å². The van der Waals surface area contributed by atoms with Crippen molar-refractivity contribution < 1.29 is 5.11 Å². The second-order valence-electron chi connectivity index (χ2n) is 4.48. The van der Waals surface area contributed by atoms with Gasteiger partial charge < -0.3 is 9.67 Å². The lowest BCUT2D eigenvalue weighted by molar-refractivity contribution is 0.257. The molecule has 0 bridgehead atoms. The maximum Gasteiger partial charge on any atom is 0.158 e. The Morgan fingerprint density at radius 3 is 2.94 bits per heavy atom. The Morgan fingerprint density at radius 1 is 1.29 bits per heavy atom. The number of benzene rings is 1. The van der Waals surface area contributed by atoms with Gasteiger partial charge in [-0.25, -0.2) is 0 Å². The highest BCUT2D eigenvalue weighted by Gasteiger charge is 2.21. The van der Waals surface area contributed by atoms with Crippen molar-refractivity contribution in [3.05, 3.63) is 47.5 Å². The van der Waals surface area contributed by atoms with Crippen molar-refractivity contribution in [2.45, 2.75) is 31.9 Å². The van der Waals surface area contributed by atoms with E-state index in [2.05, 4.69) is 34.5 Å². The molecule has 0 fully saturated rings. The quantitative estimate of drug-likeness (QED) is 0.849. The van der Waals surface area contributed by atoms with E-state index >= 15 is 0 Å². The molecule has 1 aromatic carbocycles. The van der Waals surface area contributed by atoms with Crippen molar-refractivity contribution in [1.29, 1.82) is 0 Å². The van der Waals surface area contributed by atoms with Crippen molar-refractivity contribution in [3.63, 3.8) is 0 Å². The van der Waals surface area contributed by atoms with Crippen LogP contribution in [0.5, 0.6) is 0 Å². The zero-order chi connectivity index (χ0) is 11.7. The van der Waals surface area contributed by atoms with E-state index in [-0.39, 0.29) is 6.61 Å². The van der Waals surface area contributed by atoms with E-state index in [0.717, 1.165) is 19.3 Å². The topological polar surface area (TPSA) is 50.9 Å². The molecule has 0 aliphatic heterocycles. The lowest BCUT2D eigenvalue weighted by Gasteiger charge is -2.26. The summed E-state index contributed by atoms with van der Waals surface area (Å²) in [7, 11) is 0. The van der Waals surface area contributed by atoms with E-state index in [0.29, 0.717) is 11.9 Å². The average Bonchev–Trinajstić information content (AvgIpc) is 2.86. The molecular formula is C13H15N3O. The van der Waals surface area contributed by atoms with Crippen LogP contribution in [0.4, 0.5) is 0 Å². The molecule has 0 saturated heterocycles. The minimum atomic E-state index is -0.0435. The highest BCUT2D eigenvalue weighted by atomic mass is 16.3. The zero-order valence-electron chi connectivity index (χ0n) is 9.58. The van der Waals surface area contributed by atoms with E-state index in [1.807, 2.05) is 4.57 Å². The average molecular weight is 229 g/mol. The smallest absolute Gasteiger partial charge is 0.158 e. The fourth-order valence-corrected chi connectivity index (χ4v) is 2.60. The maximum atomic E-state index is 9.21. The summed E-state index contributed by atoms with van der Waals surface area (Å²) in [5.74, 6) is 0.661. The molecule has 0 radical (unpaired) electrons. The van der Waals surface area contributed by atoms with Gasteiger partial charge in [0.25, 0.3) is 0 Å². The van der Waals surface area contributed by atoms with Gasteiger partial charge in [-0.05, 0) is 30.4 Å². The summed E-state index contributed by atoms with van der Waals surface area (Å²) < 4.78 is 2.01. The van der Waals surface area contributed by atoms with Crippen LogP contribution >= 0.6 is 0 Å². The molecule has 1 atom stereocenters. The Kier molecular flexibility index (Phi) is 2.65. The second-order valence-corrected chi connectivity index (χ2v) is 4.48. The van der Waals surface area contributed by atoms with Gasteiger partial charge in [-0.15, -0.1) is 10.2 Å². The molecule has 1 aromatic heterocycles. The van der Waals surface area contributed by atoms with Crippen LogP contribution in [0.25, 0.3) is 0 Å². The molecule has 0 spiro atoms. The highest BCUT2D eigenvalue weighted by Crippen LogP contribution is 2.29. The molecule has 3 rings (SSSR count). The number of nitrogens with zero attached hydrogens (tertiary/aromatic N) is 3. The molecule has 17 heavy (non-hydrogen) atoms. The Bertz CT molecular complexity index is 521. The fourth-order valence-electron chi connectivity index (χ4n) is 2.60. The molecule has 2 aromatic rings. The molecule has 0 amide bonds. The predicted octanol–water partition coefficient (Wildman–Crippen LogP) is 1.50. The van der Waals surface area contributed by atoms with E-state index in [9.17, 15) is 5.11 Å². The molecule has 1 heterocycles. The standard InChI is InChI=1S/C13H15N3O/c17-8-13-15-14-9-16(13)12-6-5-10-3-1-2-4-11(10)7-12/h1-4,9,12,17H,5-8H2. The first-order valence-electron chi connectivity index (χ1n) is 5.94. The molecule has 0 saturated carbocycles. The lowest BCUT2D eigenvalue weighted by Crippen LogP contribution is -2.19. The number of aryl methyl sites for hydroxylation is 1. The third-order valence-corrected chi connectivity index (χ3v) is 3.50. The summed E-state index contributed by atoms with van der Waals surface area (Å²) in [4.78, 5) is 0. The molecule has 4 nitrogen and oxygen atoms in total. The van der Waals surface area contributed by atoms with Crippen LogP contribution < -0.4 is 0 Å². The predicted molar refractivity (Wildman–Crippen MR) is 63.4 cm³/mol. The number of hydrogen-bond donors (Lipinski definition) is 1. The highest BCUT2D eigenvalue weighted by molar-refractivity contribution is 5.30. The number of aliphatic hydroxyl groups is 1. The van der Waals surface area contributed by atoms with Gasteiger partial charge in [0.15, 0.2) is 5.82 Å². The number of aliphatic hydroxyl groups excluding tert-OH is 1. The third kappa shape index (κ3) is 1.85. The van der Waals surface area contributed by atoms with Gasteiger partial charge in [0, 0.05) is 6.04 Å². The van der Waals surface area contributed by atoms with Crippen molar-refractivity contribution in [2.75, 3.05) is 0 Å². The fraction of sp³-hybridized carbons (Fsp3) is 0.385. The number of fused-ring (bicyclic) bond motifs is 1. The summed E-state index contributed by atoms with van der Waals surface area (Å²) in [5.41, 5.74) is 2.85. The largest absolute Gasteiger partial charge is 0.388 e. The van der Waals surface area contributed by atoms with Crippen LogP contribution in [0.2, 0.25) is 0 Å². The van der Waals surface area contributed by atoms with Crippen molar-refractivity contribution in [3.8, 4) is 0 Å². The SMILES string of the molecule is OCc1nncn1C1CCc2ccccc2C1. The van der Waals surface area contributed by atoms with Gasteiger partial charge in [-0.1, -0.05) is 24.3 Å². The van der Waals surface area contributed by atoms with Crippen LogP contribution in [0.15, 0.2) is 30.6 Å². The number of hydrogen-bond acceptors (Lipinski definition) is 3. The zero-order valence-corrected chi connectivity index (χ0v) is 9.58. The first kappa shape index (κ1) is 10.5. The summed E-state index contributed by atoms with van der Waals surface area (Å²) in [6, 6.07) is 8.94. The monoisotopic (exact) mass is 229 g/mol. The molecule has 1 aliphatic carbocycles. The van der Waals surface area contributed by atoms with Crippen molar-refractivity contribution >= 4 is 0 Å². The van der Waals surface area contributed by atoms with Crippen LogP contribution in [-0.2, 0) is 19.4 Å². The van der Waals surface area contributed by atoms with Gasteiger partial charge in [0.1, 0.15) is 12.9 Å². The minimum absolute atomic E-state index is 0.0435. The van der Waals surface area contributed by atoms with Gasteiger partial charge in [-0.3, -0.25) is 0 Å². The first-order chi connectivity index (χ1) is 8.38. The Morgan fingerprint density at radius 2 is 2.12 bits per heavy atom. The normalized spacial score (nSPS) is 19.0. The minimum Gasteiger partial charge on any atom is -0.388 e. The van der Waals surface area contributed by atoms with E-state index < -0.39 is 0 Å². The van der Waals surface area contributed by atoms with Crippen LogP contribution in [0, 0.1) is 0 Å². The lowest BCUT2D eigenvalue weighted by atomic mass is 9.88. The molecule has 88 valence electrons. The van der Waals surface area contributed by atoms with Gasteiger partial charge in [0.05, 0.1) is 0 Å². The van der Waals surface area contributed by atoms with Crippen molar-refractivity contribution in [2.24, 2.45) is 0 Å². The van der Waals surface area contributed by atoms with Crippen LogP contribution in [0.3, 0.4) is 0 Å². The van der Waals surface area contributed by atoms with Gasteiger partial charge in [0.2, 0.25) is 0 Å². The van der Waals surface area contributed by atoms with Gasteiger partial charge in [-0.2, -0.15) is 0 Å². The molecule has 1 aliphatic rings. The Labute approximate surface area is 99.9 Å². The van der Waals surface area contributed by atoms with Crippen molar-refractivity contribution in [1.82, 2.24) is 14.8 Å². The summed E-state index contributed by atoms with van der Waals surface area (Å²) in [5, 5.41) is 17.0. The molecule has 1 unspecified atom stereocenters. The van der Waals surface area contributed by atoms with Crippen LogP contribution in [-0.4, -0.2) is 19.9 Å². The summed E-state index contributed by atoms with van der Waals surface area (Å²) in [6.07, 6.45) is 4.90. The molecule has 1 N–H and O–H groups in total. The Balaban J connectivity index is 1.89. The number of rotatable bonds is 2. The van der Waals surface area contributed by atoms with E-state index in [1.165, 1.54) is 11.1 Å². The molecule has 4 heteroatoms.